The molecule has 0 aliphatic carbocycles. The average Bonchev–Trinajstić information content (AvgIpc) is 2.91. The third kappa shape index (κ3) is 7.47. The van der Waals surface area contributed by atoms with Crippen LogP contribution in [0.5, 0.6) is 17.2 Å². The maximum Gasteiger partial charge on any atom is 0.319 e. The lowest BCUT2D eigenvalue weighted by molar-refractivity contribution is 0.0706. The predicted molar refractivity (Wildman–Crippen MR) is 149 cm³/mol. The van der Waals surface area contributed by atoms with Crippen molar-refractivity contribution in [2.24, 2.45) is 0 Å². The van der Waals surface area contributed by atoms with Crippen LogP contribution in [0.4, 0.5) is 10.5 Å². The second-order valence-corrected chi connectivity index (χ2v) is 8.84. The lowest BCUT2D eigenvalue weighted by atomic mass is 10.1. The molecule has 0 unspecified atom stereocenters. The van der Waals surface area contributed by atoms with Crippen LogP contribution in [-0.2, 0) is 0 Å². The van der Waals surface area contributed by atoms with Gasteiger partial charge in [-0.3, -0.25) is 9.78 Å². The second kappa shape index (κ2) is 13.8. The maximum absolute atomic E-state index is 12.9. The average molecular weight is 544 g/mol. The molecule has 1 aromatic heterocycles. The van der Waals surface area contributed by atoms with E-state index in [4.69, 9.17) is 21.1 Å². The van der Waals surface area contributed by atoms with Gasteiger partial charge in [-0.2, -0.15) is 0 Å². The molecule has 1 heterocycles. The van der Waals surface area contributed by atoms with E-state index in [2.05, 4.69) is 25.8 Å². The first kappa shape index (κ1) is 29.0. The van der Waals surface area contributed by atoms with E-state index in [-0.39, 0.29) is 12.5 Å². The zero-order valence-electron chi connectivity index (χ0n) is 22.0. The molecule has 0 spiro atoms. The Morgan fingerprint density at radius 2 is 1.87 bits per heavy atom. The Balaban J connectivity index is 1.91. The normalized spacial score (nSPS) is 11.8. The molecular formula is C27H34ClN5O5. The fraction of sp³-hybridized carbons (Fsp3) is 0.370. The number of aliphatic hydroxyl groups excluding tert-OH is 1. The fourth-order valence-corrected chi connectivity index (χ4v) is 4.00. The minimum atomic E-state index is -0.721. The highest BCUT2D eigenvalue weighted by molar-refractivity contribution is 6.33. The molecule has 3 aromatic rings. The molecular weight excluding hydrogens is 510 g/mol. The molecule has 11 heteroatoms. The number of rotatable bonds is 12. The van der Waals surface area contributed by atoms with Gasteiger partial charge in [-0.25, -0.2) is 4.79 Å². The number of fused-ring (bicyclic) bond motifs is 1. The summed E-state index contributed by atoms with van der Waals surface area (Å²) < 4.78 is 12.0. The van der Waals surface area contributed by atoms with Gasteiger partial charge < -0.3 is 35.4 Å². The number of hydrogen-bond donors (Lipinski definition) is 4. The van der Waals surface area contributed by atoms with Gasteiger partial charge in [-0.05, 0) is 44.3 Å². The van der Waals surface area contributed by atoms with Crippen LogP contribution in [0.15, 0.2) is 42.6 Å². The molecule has 0 saturated heterocycles. The highest BCUT2D eigenvalue weighted by Crippen LogP contribution is 2.35. The number of hydrogen-bond acceptors (Lipinski definition) is 7. The summed E-state index contributed by atoms with van der Waals surface area (Å²) in [5.41, 5.74) is 1.28. The van der Waals surface area contributed by atoms with Crippen molar-refractivity contribution in [1.82, 2.24) is 20.5 Å². The molecule has 38 heavy (non-hydrogen) atoms. The van der Waals surface area contributed by atoms with E-state index in [9.17, 15) is 14.7 Å². The first-order chi connectivity index (χ1) is 18.3. The van der Waals surface area contributed by atoms with Crippen molar-refractivity contribution in [3.05, 3.63) is 53.2 Å². The Labute approximate surface area is 227 Å². The molecule has 0 aliphatic rings. The molecule has 10 nitrogen and oxygen atoms in total. The van der Waals surface area contributed by atoms with Crippen molar-refractivity contribution in [2.45, 2.75) is 26.9 Å². The molecule has 0 aliphatic heterocycles. The number of urea groups is 1. The van der Waals surface area contributed by atoms with Gasteiger partial charge in [0, 0.05) is 43.9 Å². The number of ether oxygens (including phenoxy) is 2. The van der Waals surface area contributed by atoms with E-state index in [1.807, 2.05) is 20.8 Å². The van der Waals surface area contributed by atoms with Crippen LogP contribution in [0.2, 0.25) is 5.02 Å². The highest BCUT2D eigenvalue weighted by atomic mass is 35.5. The number of amides is 3. The Morgan fingerprint density at radius 1 is 1.11 bits per heavy atom. The SMILES string of the molecule is CCNC(=O)c1cc2c(Oc3ccc(NC(=O)NC)c(Cl)c3)ccnc2cc1OC[C@H](O)CN(CC)CC. The van der Waals surface area contributed by atoms with E-state index in [1.165, 1.54) is 7.05 Å². The standard InChI is InChI=1S/C27H34ClN5O5/c1-5-30-26(35)20-13-19-23(14-25(20)37-16-17(34)15-33(6-2)7-3)31-11-10-24(19)38-18-8-9-22(21(28)12-18)32-27(36)29-4/h8-14,17,34H,5-7,15-16H2,1-4H3,(H,30,35)(H2,29,32,36)/t17-/m1/s1. The van der Waals surface area contributed by atoms with Crippen LogP contribution in [0.3, 0.4) is 0 Å². The van der Waals surface area contributed by atoms with Crippen LogP contribution in [-0.4, -0.2) is 72.9 Å². The fourth-order valence-electron chi connectivity index (χ4n) is 3.78. The number of aliphatic hydroxyl groups is 1. The van der Waals surface area contributed by atoms with Gasteiger partial charge in [-0.15, -0.1) is 0 Å². The number of nitrogens with zero attached hydrogens (tertiary/aromatic N) is 2. The van der Waals surface area contributed by atoms with Crippen molar-refractivity contribution in [3.63, 3.8) is 0 Å². The second-order valence-electron chi connectivity index (χ2n) is 8.43. The van der Waals surface area contributed by atoms with Gasteiger partial charge >= 0.3 is 6.03 Å². The van der Waals surface area contributed by atoms with Gasteiger partial charge in [0.1, 0.15) is 30.0 Å². The van der Waals surface area contributed by atoms with Crippen LogP contribution >= 0.6 is 11.6 Å². The van der Waals surface area contributed by atoms with E-state index in [1.54, 1.807) is 42.6 Å². The van der Waals surface area contributed by atoms with Crippen LogP contribution in [0, 0.1) is 0 Å². The summed E-state index contributed by atoms with van der Waals surface area (Å²) in [6.45, 7) is 8.46. The molecule has 3 rings (SSSR count). The Morgan fingerprint density at radius 3 is 2.53 bits per heavy atom. The first-order valence-electron chi connectivity index (χ1n) is 12.5. The smallest absolute Gasteiger partial charge is 0.319 e. The van der Waals surface area contributed by atoms with E-state index < -0.39 is 12.1 Å². The van der Waals surface area contributed by atoms with E-state index in [0.717, 1.165) is 13.1 Å². The third-order valence-electron chi connectivity index (χ3n) is 5.82. The number of nitrogens with one attached hydrogen (secondary N) is 3. The quantitative estimate of drug-likeness (QED) is 0.269. The van der Waals surface area contributed by atoms with Gasteiger partial charge in [0.25, 0.3) is 5.91 Å². The molecule has 0 bridgehead atoms. The summed E-state index contributed by atoms with van der Waals surface area (Å²) in [5, 5.41) is 19.2. The van der Waals surface area contributed by atoms with Gasteiger partial charge in [-0.1, -0.05) is 25.4 Å². The Bertz CT molecular complexity index is 1270. The number of aromatic nitrogens is 1. The van der Waals surface area contributed by atoms with Crippen LogP contribution in [0.25, 0.3) is 10.9 Å². The van der Waals surface area contributed by atoms with E-state index in [0.29, 0.717) is 57.5 Å². The van der Waals surface area contributed by atoms with Crippen LogP contribution in [0.1, 0.15) is 31.1 Å². The number of benzene rings is 2. The number of halogens is 1. The minimum absolute atomic E-state index is 0.0273. The molecule has 204 valence electrons. The maximum atomic E-state index is 12.9. The number of likely N-dealkylation sites (N-methyl/N-ethyl adjacent to an activating group) is 1. The molecule has 1 atom stereocenters. The molecule has 4 N–H and O–H groups in total. The van der Waals surface area contributed by atoms with Crippen molar-refractivity contribution < 1.29 is 24.2 Å². The van der Waals surface area contributed by atoms with Gasteiger partial charge in [0.05, 0.1) is 21.8 Å². The summed E-state index contributed by atoms with van der Waals surface area (Å²) >= 11 is 6.32. The van der Waals surface area contributed by atoms with Crippen molar-refractivity contribution in [1.29, 1.82) is 0 Å². The lowest BCUT2D eigenvalue weighted by Crippen LogP contribution is -2.35. The van der Waals surface area contributed by atoms with Crippen molar-refractivity contribution in [3.8, 4) is 17.2 Å². The summed E-state index contributed by atoms with van der Waals surface area (Å²) in [6.07, 6.45) is 0.867. The van der Waals surface area contributed by atoms with Gasteiger partial charge in [0.2, 0.25) is 0 Å². The molecule has 3 amide bonds. The molecule has 2 aromatic carbocycles. The number of carbonyl (C=O) groups is 2. The topological polar surface area (TPSA) is 125 Å². The summed E-state index contributed by atoms with van der Waals surface area (Å²) in [6, 6.07) is 9.51. The zero-order chi connectivity index (χ0) is 27.7. The first-order valence-corrected chi connectivity index (χ1v) is 12.9. The lowest BCUT2D eigenvalue weighted by Gasteiger charge is -2.22. The summed E-state index contributed by atoms with van der Waals surface area (Å²) in [4.78, 5) is 31.0. The largest absolute Gasteiger partial charge is 0.490 e. The Kier molecular flexibility index (Phi) is 10.5. The predicted octanol–water partition coefficient (Wildman–Crippen LogP) is 4.26. The third-order valence-corrected chi connectivity index (χ3v) is 6.14. The molecule has 0 fully saturated rings. The number of carbonyl (C=O) groups excluding carboxylic acids is 2. The van der Waals surface area contributed by atoms with Crippen molar-refractivity contribution >= 4 is 40.1 Å². The summed E-state index contributed by atoms with van der Waals surface area (Å²) in [7, 11) is 1.51. The highest BCUT2D eigenvalue weighted by Gasteiger charge is 2.19. The molecule has 0 saturated carbocycles. The number of anilines is 1. The summed E-state index contributed by atoms with van der Waals surface area (Å²) in [5.74, 6) is 0.894. The van der Waals surface area contributed by atoms with Crippen molar-refractivity contribution in [2.75, 3.05) is 45.2 Å². The Hall–Kier alpha value is -3.60. The minimum Gasteiger partial charge on any atom is -0.490 e. The van der Waals surface area contributed by atoms with E-state index >= 15 is 0 Å². The zero-order valence-corrected chi connectivity index (χ0v) is 22.8. The van der Waals surface area contributed by atoms with Gasteiger partial charge in [0.15, 0.2) is 0 Å². The monoisotopic (exact) mass is 543 g/mol. The van der Waals surface area contributed by atoms with Crippen LogP contribution < -0.4 is 25.4 Å². The number of pyridine rings is 1. The molecule has 0 radical (unpaired) electrons.